The van der Waals surface area contributed by atoms with Crippen LogP contribution in [0.15, 0.2) is 24.3 Å². The van der Waals surface area contributed by atoms with E-state index in [-0.39, 0.29) is 0 Å². The largest absolute Gasteiger partial charge is 0.380 e. The number of nitrogens with one attached hydrogen (secondary N) is 1. The van der Waals surface area contributed by atoms with Gasteiger partial charge in [-0.2, -0.15) is 0 Å². The van der Waals surface area contributed by atoms with Gasteiger partial charge in [0.1, 0.15) is 0 Å². The van der Waals surface area contributed by atoms with Crippen LogP contribution >= 0.6 is 0 Å². The average molecular weight is 260 g/mol. The lowest BCUT2D eigenvalue weighted by Crippen LogP contribution is -2.39. The van der Waals surface area contributed by atoms with E-state index in [1.165, 1.54) is 30.5 Å². The minimum atomic E-state index is 0.689. The van der Waals surface area contributed by atoms with Gasteiger partial charge in [0.2, 0.25) is 0 Å². The Hall–Kier alpha value is -1.06. The zero-order chi connectivity index (χ0) is 13.1. The molecule has 1 saturated heterocycles. The Morgan fingerprint density at radius 3 is 3.05 bits per heavy atom. The zero-order valence-electron chi connectivity index (χ0n) is 11.8. The Bertz CT molecular complexity index is 417. The van der Waals surface area contributed by atoms with Gasteiger partial charge < -0.3 is 15.0 Å². The van der Waals surface area contributed by atoms with Gasteiger partial charge >= 0.3 is 0 Å². The van der Waals surface area contributed by atoms with Crippen LogP contribution in [0, 0.1) is 5.92 Å². The van der Waals surface area contributed by atoms with Crippen LogP contribution in [0.3, 0.4) is 0 Å². The van der Waals surface area contributed by atoms with Crippen molar-refractivity contribution in [2.45, 2.75) is 31.9 Å². The molecule has 1 unspecified atom stereocenters. The molecular weight excluding hydrogens is 236 g/mol. The number of methoxy groups -OCH3 is 1. The Labute approximate surface area is 115 Å². The van der Waals surface area contributed by atoms with Crippen molar-refractivity contribution in [3.8, 4) is 0 Å². The Kier molecular flexibility index (Phi) is 4.04. The van der Waals surface area contributed by atoms with E-state index in [0.29, 0.717) is 12.6 Å². The van der Waals surface area contributed by atoms with E-state index >= 15 is 0 Å². The number of hydrogen-bond acceptors (Lipinski definition) is 3. The molecule has 3 rings (SSSR count). The second kappa shape index (κ2) is 5.93. The van der Waals surface area contributed by atoms with Crippen LogP contribution < -0.4 is 10.2 Å². The van der Waals surface area contributed by atoms with Gasteiger partial charge in [-0.25, -0.2) is 0 Å². The van der Waals surface area contributed by atoms with Gasteiger partial charge in [0, 0.05) is 31.9 Å². The third-order valence-electron chi connectivity index (χ3n) is 4.21. The van der Waals surface area contributed by atoms with E-state index in [1.54, 1.807) is 7.11 Å². The fourth-order valence-electron chi connectivity index (χ4n) is 3.01. The van der Waals surface area contributed by atoms with Crippen LogP contribution in [-0.4, -0.2) is 32.8 Å². The van der Waals surface area contributed by atoms with E-state index in [4.69, 9.17) is 4.74 Å². The van der Waals surface area contributed by atoms with Crippen molar-refractivity contribution in [1.82, 2.24) is 5.32 Å². The summed E-state index contributed by atoms with van der Waals surface area (Å²) in [5.41, 5.74) is 2.61. The van der Waals surface area contributed by atoms with Crippen molar-refractivity contribution in [2.24, 2.45) is 5.92 Å². The molecule has 0 spiro atoms. The molecule has 3 nitrogen and oxygen atoms in total. The first-order chi connectivity index (χ1) is 9.36. The Balaban J connectivity index is 1.73. The summed E-state index contributed by atoms with van der Waals surface area (Å²) in [4.78, 5) is 2.54. The van der Waals surface area contributed by atoms with Gasteiger partial charge in [0.15, 0.2) is 0 Å². The maximum atomic E-state index is 5.23. The molecule has 1 saturated carbocycles. The molecule has 1 aliphatic carbocycles. The quantitative estimate of drug-likeness (QED) is 0.900. The minimum absolute atomic E-state index is 0.689. The Morgan fingerprint density at radius 1 is 1.37 bits per heavy atom. The number of benzene rings is 1. The second-order valence-electron chi connectivity index (χ2n) is 5.80. The highest BCUT2D eigenvalue weighted by Crippen LogP contribution is 2.34. The lowest BCUT2D eigenvalue weighted by molar-refractivity contribution is 0.185. The van der Waals surface area contributed by atoms with E-state index in [2.05, 4.69) is 34.5 Å². The lowest BCUT2D eigenvalue weighted by atomic mass is 10.1. The van der Waals surface area contributed by atoms with Crippen molar-refractivity contribution in [1.29, 1.82) is 0 Å². The van der Waals surface area contributed by atoms with E-state index in [1.807, 2.05) is 0 Å². The van der Waals surface area contributed by atoms with Crippen LogP contribution in [0.4, 0.5) is 5.69 Å². The number of hydrogen-bond donors (Lipinski definition) is 1. The monoisotopic (exact) mass is 260 g/mol. The van der Waals surface area contributed by atoms with Crippen molar-refractivity contribution < 1.29 is 4.74 Å². The predicted octanol–water partition coefficient (Wildman–Crippen LogP) is 2.41. The SMILES string of the molecule is COCc1cccc(N2CCCNC(C3CC3)C2)c1. The third-order valence-corrected chi connectivity index (χ3v) is 4.21. The molecule has 1 aromatic rings. The van der Waals surface area contributed by atoms with Gasteiger partial charge in [-0.1, -0.05) is 12.1 Å². The summed E-state index contributed by atoms with van der Waals surface area (Å²) in [5.74, 6) is 0.919. The molecule has 3 heteroatoms. The molecule has 0 bridgehead atoms. The number of anilines is 1. The normalized spacial score (nSPS) is 24.3. The average Bonchev–Trinajstić information content (AvgIpc) is 3.26. The fourth-order valence-corrected chi connectivity index (χ4v) is 3.01. The van der Waals surface area contributed by atoms with Crippen LogP contribution in [0.2, 0.25) is 0 Å². The molecule has 0 amide bonds. The Morgan fingerprint density at radius 2 is 2.26 bits per heavy atom. The van der Waals surface area contributed by atoms with Crippen LogP contribution in [0.25, 0.3) is 0 Å². The summed E-state index contributed by atoms with van der Waals surface area (Å²) >= 11 is 0. The maximum Gasteiger partial charge on any atom is 0.0713 e. The summed E-state index contributed by atoms with van der Waals surface area (Å²) in [6.07, 6.45) is 4.06. The first kappa shape index (κ1) is 12.9. The van der Waals surface area contributed by atoms with Gasteiger partial charge in [0.05, 0.1) is 6.61 Å². The molecule has 0 radical (unpaired) electrons. The molecule has 1 heterocycles. The van der Waals surface area contributed by atoms with Gasteiger partial charge in [-0.05, 0) is 49.4 Å². The maximum absolute atomic E-state index is 5.23. The van der Waals surface area contributed by atoms with E-state index in [9.17, 15) is 0 Å². The highest BCUT2D eigenvalue weighted by atomic mass is 16.5. The predicted molar refractivity (Wildman–Crippen MR) is 78.5 cm³/mol. The van der Waals surface area contributed by atoms with E-state index < -0.39 is 0 Å². The molecule has 19 heavy (non-hydrogen) atoms. The number of nitrogens with zero attached hydrogens (tertiary/aromatic N) is 1. The van der Waals surface area contributed by atoms with Crippen LogP contribution in [0.1, 0.15) is 24.8 Å². The molecule has 1 aromatic carbocycles. The molecule has 2 aliphatic rings. The molecule has 1 aliphatic heterocycles. The molecule has 104 valence electrons. The van der Waals surface area contributed by atoms with Crippen LogP contribution in [-0.2, 0) is 11.3 Å². The standard InChI is InChI=1S/C16H24N2O/c1-19-12-13-4-2-5-15(10-13)18-9-3-8-17-16(11-18)14-6-7-14/h2,4-5,10,14,16-17H,3,6-9,11-12H2,1H3. The van der Waals surface area contributed by atoms with Crippen LogP contribution in [0.5, 0.6) is 0 Å². The third kappa shape index (κ3) is 3.28. The van der Waals surface area contributed by atoms with Crippen molar-refractivity contribution in [2.75, 3.05) is 31.6 Å². The van der Waals surface area contributed by atoms with Gasteiger partial charge in [0.25, 0.3) is 0 Å². The molecular formula is C16H24N2O. The number of ether oxygens (including phenoxy) is 1. The highest BCUT2D eigenvalue weighted by Gasteiger charge is 2.33. The first-order valence-electron chi connectivity index (χ1n) is 7.43. The van der Waals surface area contributed by atoms with Gasteiger partial charge in [-0.3, -0.25) is 0 Å². The summed E-state index contributed by atoms with van der Waals surface area (Å²) in [6, 6.07) is 9.48. The number of rotatable bonds is 4. The second-order valence-corrected chi connectivity index (χ2v) is 5.80. The summed E-state index contributed by atoms with van der Waals surface area (Å²) in [6.45, 7) is 4.18. The topological polar surface area (TPSA) is 24.5 Å². The zero-order valence-corrected chi connectivity index (χ0v) is 11.8. The fraction of sp³-hybridized carbons (Fsp3) is 0.625. The van der Waals surface area contributed by atoms with Crippen molar-refractivity contribution in [3.63, 3.8) is 0 Å². The lowest BCUT2D eigenvalue weighted by Gasteiger charge is -2.27. The smallest absolute Gasteiger partial charge is 0.0713 e. The summed E-state index contributed by atoms with van der Waals surface area (Å²) in [5, 5.41) is 3.72. The molecule has 0 aromatic heterocycles. The highest BCUT2D eigenvalue weighted by molar-refractivity contribution is 5.49. The molecule has 1 N–H and O–H groups in total. The van der Waals surface area contributed by atoms with E-state index in [0.717, 1.165) is 25.6 Å². The molecule has 2 fully saturated rings. The van der Waals surface area contributed by atoms with Crippen molar-refractivity contribution >= 4 is 5.69 Å². The summed E-state index contributed by atoms with van der Waals surface area (Å²) < 4.78 is 5.23. The first-order valence-corrected chi connectivity index (χ1v) is 7.43. The molecule has 1 atom stereocenters. The van der Waals surface area contributed by atoms with Crippen molar-refractivity contribution in [3.05, 3.63) is 29.8 Å². The summed E-state index contributed by atoms with van der Waals surface area (Å²) in [7, 11) is 1.76. The van der Waals surface area contributed by atoms with Gasteiger partial charge in [-0.15, -0.1) is 0 Å². The minimum Gasteiger partial charge on any atom is -0.380 e.